The molecule has 0 saturated heterocycles. The second kappa shape index (κ2) is 16.0. The SMILES string of the molecule is CC(=O)[O][Hg+].[C-]1[CH][CH][CH][CH]1.[CH]1[CH][CH][CH][CH]1.[Ru]. The van der Waals surface area contributed by atoms with E-state index < -0.39 is 0 Å². The van der Waals surface area contributed by atoms with Crippen LogP contribution in [0.25, 0.3) is 0 Å². The van der Waals surface area contributed by atoms with Crippen molar-refractivity contribution in [3.05, 3.63) is 64.2 Å². The molecule has 0 atom stereocenters. The zero-order valence-electron chi connectivity index (χ0n) is 9.07. The molecule has 16 heavy (non-hydrogen) atoms. The van der Waals surface area contributed by atoms with E-state index >= 15 is 0 Å². The van der Waals surface area contributed by atoms with E-state index in [0.717, 1.165) is 0 Å². The molecule has 0 spiro atoms. The molecule has 2 aliphatic rings. The first-order valence-corrected chi connectivity index (χ1v) is 6.69. The van der Waals surface area contributed by atoms with Crippen molar-refractivity contribution in [2.24, 2.45) is 0 Å². The topological polar surface area (TPSA) is 26.3 Å². The van der Waals surface area contributed by atoms with Crippen molar-refractivity contribution in [1.29, 1.82) is 0 Å². The van der Waals surface area contributed by atoms with E-state index in [4.69, 9.17) is 0 Å². The molecule has 2 nitrogen and oxygen atoms in total. The van der Waals surface area contributed by atoms with Crippen LogP contribution >= 0.6 is 0 Å². The number of hydrogen-bond acceptors (Lipinski definition) is 2. The van der Waals surface area contributed by atoms with Crippen molar-refractivity contribution in [1.82, 2.24) is 0 Å². The fourth-order valence-electron chi connectivity index (χ4n) is 0.599. The Morgan fingerprint density at radius 1 is 1.00 bits per heavy atom. The van der Waals surface area contributed by atoms with Crippen molar-refractivity contribution < 1.29 is 53.5 Å². The van der Waals surface area contributed by atoms with Gasteiger partial charge in [0.1, 0.15) is 0 Å². The summed E-state index contributed by atoms with van der Waals surface area (Å²) < 4.78 is 4.31. The maximum absolute atomic E-state index is 9.64. The van der Waals surface area contributed by atoms with Crippen LogP contribution in [0.15, 0.2) is 0 Å². The maximum atomic E-state index is 9.64. The van der Waals surface area contributed by atoms with Crippen LogP contribution in [0.2, 0.25) is 0 Å². The smallest absolute Gasteiger partial charge is 0 e. The summed E-state index contributed by atoms with van der Waals surface area (Å²) in [6.07, 6.45) is 20.5. The van der Waals surface area contributed by atoms with E-state index in [9.17, 15) is 4.79 Å². The molecule has 0 aromatic heterocycles. The minimum atomic E-state index is -0.159. The third-order valence-corrected chi connectivity index (χ3v) is 2.84. The van der Waals surface area contributed by atoms with Gasteiger partial charge in [-0.3, -0.25) is 0 Å². The van der Waals surface area contributed by atoms with Crippen molar-refractivity contribution in [2.45, 2.75) is 6.92 Å². The van der Waals surface area contributed by atoms with Gasteiger partial charge in [0.2, 0.25) is 0 Å². The Morgan fingerprint density at radius 2 is 1.31 bits per heavy atom. The van der Waals surface area contributed by atoms with E-state index in [-0.39, 0.29) is 52.0 Å². The molecule has 0 heterocycles. The molecule has 4 heteroatoms. The summed E-state index contributed by atoms with van der Waals surface area (Å²) in [7, 11) is 0. The van der Waals surface area contributed by atoms with Crippen LogP contribution < -0.4 is 0 Å². The van der Waals surface area contributed by atoms with Gasteiger partial charge in [-0.15, -0.1) is 0 Å². The Labute approximate surface area is 130 Å². The summed E-state index contributed by atoms with van der Waals surface area (Å²) >= 11 is 0.194. The molecule has 2 aliphatic carbocycles. The summed E-state index contributed by atoms with van der Waals surface area (Å²) in [4.78, 5) is 9.64. The normalized spacial score (nSPS) is 17.2. The molecule has 2 rings (SSSR count). The van der Waals surface area contributed by atoms with E-state index in [1.54, 1.807) is 0 Å². The minimum Gasteiger partial charge on any atom is -0.474 e. The van der Waals surface area contributed by atoms with E-state index in [2.05, 4.69) is 9.07 Å². The molecule has 0 unspecified atom stereocenters. The van der Waals surface area contributed by atoms with Crippen molar-refractivity contribution in [2.75, 3.05) is 0 Å². The fraction of sp³-hybridized carbons (Fsp3) is 0.0833. The molecule has 0 aliphatic heterocycles. The molecule has 0 aromatic carbocycles. The first-order valence-electron chi connectivity index (χ1n) is 4.44. The van der Waals surface area contributed by atoms with Gasteiger partial charge in [-0.05, 0) is 32.1 Å². The number of carbonyl (C=O) groups is 1. The Morgan fingerprint density at radius 3 is 1.44 bits per heavy atom. The Bertz CT molecular complexity index is 121. The summed E-state index contributed by atoms with van der Waals surface area (Å²) in [5, 5.41) is 0. The van der Waals surface area contributed by atoms with Crippen LogP contribution in [0.1, 0.15) is 6.92 Å². The van der Waals surface area contributed by atoms with Crippen LogP contribution in [-0.4, -0.2) is 5.97 Å². The number of carbonyl (C=O) groups excluding carboxylic acids is 1. The predicted molar refractivity (Wildman–Crippen MR) is 53.7 cm³/mol. The molecule has 0 bridgehead atoms. The van der Waals surface area contributed by atoms with Gasteiger partial charge < -0.3 is 6.42 Å². The van der Waals surface area contributed by atoms with Crippen LogP contribution in [0.4, 0.5) is 0 Å². The van der Waals surface area contributed by atoms with Gasteiger partial charge in [-0.25, -0.2) is 12.8 Å². The molecule has 0 amide bonds. The number of hydrogen-bond donors (Lipinski definition) is 0. The minimum absolute atomic E-state index is 0. The van der Waals surface area contributed by atoms with Gasteiger partial charge in [0.05, 0.1) is 0 Å². The zero-order chi connectivity index (χ0) is 11.4. The van der Waals surface area contributed by atoms with E-state index in [1.165, 1.54) is 6.92 Å². The third-order valence-electron chi connectivity index (χ3n) is 1.25. The third kappa shape index (κ3) is 17.4. The van der Waals surface area contributed by atoms with Gasteiger partial charge in [0, 0.05) is 19.5 Å². The number of rotatable bonds is 0. The first kappa shape index (κ1) is 19.4. The van der Waals surface area contributed by atoms with Crippen LogP contribution in [0, 0.1) is 64.2 Å². The molecular weight excluding hydrogens is 478 g/mol. The molecule has 0 N–H and O–H groups in total. The summed E-state index contributed by atoms with van der Waals surface area (Å²) in [6, 6.07) is 0. The Hall–Kier alpha value is 1.03. The van der Waals surface area contributed by atoms with Crippen molar-refractivity contribution in [3.63, 3.8) is 0 Å². The van der Waals surface area contributed by atoms with Crippen LogP contribution in [-0.2, 0) is 53.5 Å². The van der Waals surface area contributed by atoms with Crippen molar-refractivity contribution >= 4 is 5.97 Å². The fourth-order valence-corrected chi connectivity index (χ4v) is 0.599. The van der Waals surface area contributed by atoms with Crippen molar-refractivity contribution in [3.8, 4) is 0 Å². The predicted octanol–water partition coefficient (Wildman–Crippen LogP) is 1.93. The van der Waals surface area contributed by atoms with E-state index in [1.807, 2.05) is 57.8 Å². The largest absolute Gasteiger partial charge is 0.474 e. The zero-order valence-corrected chi connectivity index (χ0v) is 16.3. The average molecular weight is 490 g/mol. The van der Waals surface area contributed by atoms with Gasteiger partial charge >= 0.3 is 46.9 Å². The average Bonchev–Trinajstić information content (AvgIpc) is 2.96. The standard InChI is InChI=1S/C5H5.C5H4.C2H4O2.Hg.Ru/c2*1-2-4-5-3-1;1-2(3)4;;/h1-5H;1-4H;1H3,(H,3,4);;/q;-1;;+2;/p-1. The first-order chi connectivity index (χ1) is 7.27. The second-order valence-corrected chi connectivity index (χ2v) is 3.61. The van der Waals surface area contributed by atoms with Crippen LogP contribution in [0.3, 0.4) is 0 Å². The van der Waals surface area contributed by atoms with Gasteiger partial charge in [-0.2, -0.15) is 0 Å². The van der Waals surface area contributed by atoms with Gasteiger partial charge in [0.25, 0.3) is 0 Å². The van der Waals surface area contributed by atoms with Crippen LogP contribution in [0.5, 0.6) is 0 Å². The molecule has 0 aromatic rings. The Kier molecular flexibility index (Phi) is 19.4. The van der Waals surface area contributed by atoms with Gasteiger partial charge in [-0.1, -0.05) is 12.8 Å². The molecule has 2 saturated carbocycles. The molecular formula is C12H12HgO2Ru. The molecule has 2 fully saturated rings. The molecule has 10 radical (unpaired) electrons. The summed E-state index contributed by atoms with van der Waals surface area (Å²) in [6.45, 7) is 1.41. The quantitative estimate of drug-likeness (QED) is 0.384. The van der Waals surface area contributed by atoms with Gasteiger partial charge in [0.15, 0.2) is 0 Å². The van der Waals surface area contributed by atoms with E-state index in [0.29, 0.717) is 0 Å². The summed E-state index contributed by atoms with van der Waals surface area (Å²) in [5.74, 6) is -0.159. The Balaban J connectivity index is 0. The monoisotopic (exact) mass is 492 g/mol. The summed E-state index contributed by atoms with van der Waals surface area (Å²) in [5.41, 5.74) is 0. The maximum Gasteiger partial charge on any atom is 0 e. The molecule has 82 valence electrons. The second-order valence-electron chi connectivity index (χ2n) is 2.48.